The molecule has 1 unspecified atom stereocenters. The highest BCUT2D eigenvalue weighted by molar-refractivity contribution is 7.99. The summed E-state index contributed by atoms with van der Waals surface area (Å²) in [5.41, 5.74) is 4.92. The van der Waals surface area contributed by atoms with Gasteiger partial charge in [-0.15, -0.1) is 5.10 Å². The molecule has 0 radical (unpaired) electrons. The number of hydrogen-bond donors (Lipinski definition) is 1. The van der Waals surface area contributed by atoms with Gasteiger partial charge < -0.3 is 10.1 Å². The molecule has 0 bridgehead atoms. The van der Waals surface area contributed by atoms with E-state index >= 15 is 0 Å². The molecule has 1 N–H and O–H groups in total. The smallest absolute Gasteiger partial charge is 0.338 e. The van der Waals surface area contributed by atoms with Crippen LogP contribution < -0.4 is 5.32 Å². The Kier molecular flexibility index (Phi) is 6.29. The largest absolute Gasteiger partial charge is 0.466 e. The van der Waals surface area contributed by atoms with Crippen molar-refractivity contribution in [1.82, 2.24) is 30.4 Å². The molecular formula is C25H26N6O3S. The van der Waals surface area contributed by atoms with Gasteiger partial charge >= 0.3 is 12.0 Å². The minimum absolute atomic E-state index is 0.0667. The number of amides is 2. The normalized spacial score (nSPS) is 18.0. The molecule has 2 amide bonds. The number of nitrogens with one attached hydrogen (secondary N) is 1. The fourth-order valence-corrected chi connectivity index (χ4v) is 5.20. The van der Waals surface area contributed by atoms with Gasteiger partial charge in [-0.25, -0.2) is 9.59 Å². The molecule has 1 aromatic heterocycles. The molecule has 2 heterocycles. The number of hydrogen-bond acceptors (Lipinski definition) is 7. The predicted molar refractivity (Wildman–Crippen MR) is 131 cm³/mol. The molecule has 2 aliphatic rings. The minimum atomic E-state index is -0.600. The third kappa shape index (κ3) is 4.53. The van der Waals surface area contributed by atoms with Crippen LogP contribution in [0.1, 0.15) is 35.6 Å². The lowest BCUT2D eigenvalue weighted by atomic mass is 9.95. The molecular weight excluding hydrogens is 464 g/mol. The van der Waals surface area contributed by atoms with Gasteiger partial charge in [-0.05, 0) is 59.9 Å². The summed E-state index contributed by atoms with van der Waals surface area (Å²) in [5.74, 6) is -0.127. The fraction of sp³-hybridized carbons (Fsp3) is 0.320. The number of carbonyl (C=O) groups is 2. The summed E-state index contributed by atoms with van der Waals surface area (Å²) in [6, 6.07) is 14.8. The molecule has 1 aliphatic carbocycles. The molecule has 35 heavy (non-hydrogen) atoms. The molecule has 1 fully saturated rings. The second kappa shape index (κ2) is 9.53. The highest BCUT2D eigenvalue weighted by Crippen LogP contribution is 2.40. The van der Waals surface area contributed by atoms with Gasteiger partial charge in [0.05, 0.1) is 24.4 Å². The lowest BCUT2D eigenvalue weighted by Gasteiger charge is -2.36. The van der Waals surface area contributed by atoms with E-state index in [4.69, 9.17) is 4.74 Å². The van der Waals surface area contributed by atoms with Crippen LogP contribution in [-0.4, -0.2) is 56.0 Å². The van der Waals surface area contributed by atoms with Crippen molar-refractivity contribution >= 4 is 23.8 Å². The number of rotatable bonds is 7. The van der Waals surface area contributed by atoms with Crippen LogP contribution in [0.4, 0.5) is 4.79 Å². The van der Waals surface area contributed by atoms with Crippen LogP contribution in [0.5, 0.6) is 0 Å². The number of aryl methyl sites for hydroxylation is 2. The Morgan fingerprint density at radius 1 is 1.17 bits per heavy atom. The average molecular weight is 491 g/mol. The maximum absolute atomic E-state index is 13.2. The van der Waals surface area contributed by atoms with Crippen LogP contribution in [0.25, 0.3) is 5.69 Å². The molecule has 2 aromatic carbocycles. The summed E-state index contributed by atoms with van der Waals surface area (Å²) >= 11 is 1.39. The van der Waals surface area contributed by atoms with Crippen molar-refractivity contribution in [3.63, 3.8) is 0 Å². The van der Waals surface area contributed by atoms with E-state index in [0.717, 1.165) is 35.2 Å². The van der Waals surface area contributed by atoms with E-state index in [1.54, 1.807) is 9.58 Å². The van der Waals surface area contributed by atoms with Gasteiger partial charge in [0.1, 0.15) is 0 Å². The number of carbonyl (C=O) groups excluding carboxylic acids is 2. The topological polar surface area (TPSA) is 102 Å². The molecule has 3 aromatic rings. The summed E-state index contributed by atoms with van der Waals surface area (Å²) in [6.45, 7) is 4.03. The number of tetrazole rings is 1. The van der Waals surface area contributed by atoms with E-state index in [1.165, 1.54) is 18.9 Å². The van der Waals surface area contributed by atoms with E-state index in [9.17, 15) is 9.59 Å². The van der Waals surface area contributed by atoms with Gasteiger partial charge in [0.15, 0.2) is 0 Å². The molecule has 0 spiro atoms. The van der Waals surface area contributed by atoms with Gasteiger partial charge in [0.2, 0.25) is 5.16 Å². The fourth-order valence-electron chi connectivity index (χ4n) is 4.29. The van der Waals surface area contributed by atoms with Crippen molar-refractivity contribution in [1.29, 1.82) is 0 Å². The standard InChI is InChI=1S/C25H26N6O3S/c1-15-9-10-16(2)19(13-15)31-25(27-28-29-31)35-14-20-21(23(32)34-3)22(17-7-5-4-6-8-17)26-24(33)30(20)18-11-12-18/h4-10,13,18,22H,11-12,14H2,1-3H3,(H,26,33). The summed E-state index contributed by atoms with van der Waals surface area (Å²) in [4.78, 5) is 28.0. The third-order valence-corrected chi connectivity index (χ3v) is 7.13. The maximum atomic E-state index is 13.2. The summed E-state index contributed by atoms with van der Waals surface area (Å²) in [7, 11) is 1.36. The number of esters is 1. The van der Waals surface area contributed by atoms with Crippen molar-refractivity contribution in [2.75, 3.05) is 12.9 Å². The highest BCUT2D eigenvalue weighted by atomic mass is 32.2. The first-order valence-electron chi connectivity index (χ1n) is 11.4. The number of aromatic nitrogens is 4. The molecule has 10 heteroatoms. The maximum Gasteiger partial charge on any atom is 0.338 e. The molecule has 1 saturated carbocycles. The van der Waals surface area contributed by atoms with Crippen LogP contribution in [-0.2, 0) is 9.53 Å². The lowest BCUT2D eigenvalue weighted by molar-refractivity contribution is -0.136. The van der Waals surface area contributed by atoms with Crippen LogP contribution in [0.15, 0.2) is 65.0 Å². The van der Waals surface area contributed by atoms with E-state index in [-0.39, 0.29) is 12.1 Å². The Hall–Kier alpha value is -3.66. The molecule has 180 valence electrons. The van der Waals surface area contributed by atoms with Gasteiger partial charge in [0.25, 0.3) is 0 Å². The predicted octanol–water partition coefficient (Wildman–Crippen LogP) is 3.73. The zero-order valence-electron chi connectivity index (χ0n) is 19.8. The monoisotopic (exact) mass is 490 g/mol. The van der Waals surface area contributed by atoms with Crippen molar-refractivity contribution in [3.8, 4) is 5.69 Å². The summed E-state index contributed by atoms with van der Waals surface area (Å²) < 4.78 is 6.88. The SMILES string of the molecule is COC(=O)C1=C(CSc2nnnn2-c2cc(C)ccc2C)N(C2CC2)C(=O)NC1c1ccccc1. The number of methoxy groups -OCH3 is 1. The van der Waals surface area contributed by atoms with Gasteiger partial charge in [-0.3, -0.25) is 4.90 Å². The van der Waals surface area contributed by atoms with Crippen LogP contribution >= 0.6 is 11.8 Å². The van der Waals surface area contributed by atoms with Crippen LogP contribution in [0, 0.1) is 13.8 Å². The number of thioether (sulfide) groups is 1. The zero-order valence-corrected chi connectivity index (χ0v) is 20.6. The Bertz CT molecular complexity index is 1300. The first-order valence-corrected chi connectivity index (χ1v) is 12.4. The third-order valence-electron chi connectivity index (χ3n) is 6.20. The Morgan fingerprint density at radius 3 is 2.66 bits per heavy atom. The van der Waals surface area contributed by atoms with Crippen LogP contribution in [0.3, 0.4) is 0 Å². The van der Waals surface area contributed by atoms with Gasteiger partial charge in [-0.1, -0.05) is 54.2 Å². The first-order chi connectivity index (χ1) is 17.0. The van der Waals surface area contributed by atoms with Crippen molar-refractivity contribution in [2.45, 2.75) is 43.9 Å². The lowest BCUT2D eigenvalue weighted by Crippen LogP contribution is -2.50. The van der Waals surface area contributed by atoms with E-state index in [0.29, 0.717) is 22.2 Å². The summed E-state index contributed by atoms with van der Waals surface area (Å²) in [6.07, 6.45) is 1.79. The molecule has 5 rings (SSSR count). The Labute approximate surface area is 207 Å². The number of urea groups is 1. The Balaban J connectivity index is 1.55. The first kappa shape index (κ1) is 23.1. The van der Waals surface area contributed by atoms with Crippen LogP contribution in [0.2, 0.25) is 0 Å². The second-order valence-electron chi connectivity index (χ2n) is 8.70. The quantitative estimate of drug-likeness (QED) is 0.398. The molecule has 9 nitrogen and oxygen atoms in total. The number of ether oxygens (including phenoxy) is 1. The highest BCUT2D eigenvalue weighted by Gasteiger charge is 2.44. The minimum Gasteiger partial charge on any atom is -0.466 e. The second-order valence-corrected chi connectivity index (χ2v) is 9.64. The molecule has 1 aliphatic heterocycles. The van der Waals surface area contributed by atoms with Gasteiger partial charge in [-0.2, -0.15) is 4.68 Å². The summed E-state index contributed by atoms with van der Waals surface area (Å²) in [5, 5.41) is 15.9. The number of nitrogens with zero attached hydrogens (tertiary/aromatic N) is 5. The van der Waals surface area contributed by atoms with E-state index in [1.807, 2.05) is 62.4 Å². The Morgan fingerprint density at radius 2 is 1.94 bits per heavy atom. The van der Waals surface area contributed by atoms with E-state index < -0.39 is 12.0 Å². The van der Waals surface area contributed by atoms with Crippen molar-refractivity contribution < 1.29 is 14.3 Å². The molecule has 1 atom stereocenters. The van der Waals surface area contributed by atoms with Crippen molar-refractivity contribution in [2.24, 2.45) is 0 Å². The van der Waals surface area contributed by atoms with Crippen molar-refractivity contribution in [3.05, 3.63) is 76.5 Å². The molecule has 0 saturated heterocycles. The average Bonchev–Trinajstić information content (AvgIpc) is 3.60. The van der Waals surface area contributed by atoms with E-state index in [2.05, 4.69) is 20.8 Å². The number of benzene rings is 2. The van der Waals surface area contributed by atoms with Gasteiger partial charge in [0, 0.05) is 17.5 Å². The zero-order chi connectivity index (χ0) is 24.5.